The highest BCUT2D eigenvalue weighted by Crippen LogP contribution is 2.30. The highest BCUT2D eigenvalue weighted by molar-refractivity contribution is 5.95. The number of rotatable bonds is 7. The molecule has 0 spiro atoms. The Kier molecular flexibility index (Phi) is 5.58. The Balaban J connectivity index is 2.17. The van der Waals surface area contributed by atoms with E-state index < -0.39 is 0 Å². The molecule has 2 aromatic heterocycles. The summed E-state index contributed by atoms with van der Waals surface area (Å²) in [5.41, 5.74) is 5.97. The molecule has 0 bridgehead atoms. The molecule has 0 fully saturated rings. The maximum absolute atomic E-state index is 4.99. The van der Waals surface area contributed by atoms with Crippen molar-refractivity contribution in [1.29, 1.82) is 0 Å². The fourth-order valence-electron chi connectivity index (χ4n) is 3.13. The molecule has 24 heavy (non-hydrogen) atoms. The molecule has 124 valence electrons. The number of aromatic nitrogens is 2. The van der Waals surface area contributed by atoms with Gasteiger partial charge in [0.2, 0.25) is 0 Å². The van der Waals surface area contributed by atoms with Crippen LogP contribution in [-0.2, 0) is 12.8 Å². The Morgan fingerprint density at radius 3 is 2.38 bits per heavy atom. The summed E-state index contributed by atoms with van der Waals surface area (Å²) in [6.45, 7) is 4.45. The summed E-state index contributed by atoms with van der Waals surface area (Å²) in [6.07, 6.45) is 8.69. The average molecular weight is 318 g/mol. The Morgan fingerprint density at radius 2 is 1.62 bits per heavy atom. The topological polar surface area (TPSA) is 25.8 Å². The Hall–Kier alpha value is -2.22. The van der Waals surface area contributed by atoms with Crippen molar-refractivity contribution >= 4 is 10.9 Å². The molecule has 2 heterocycles. The number of hydrogen-bond acceptors (Lipinski definition) is 2. The minimum Gasteiger partial charge on any atom is -0.259 e. The van der Waals surface area contributed by atoms with Gasteiger partial charge in [0.25, 0.3) is 0 Å². The van der Waals surface area contributed by atoms with Crippen molar-refractivity contribution in [2.24, 2.45) is 0 Å². The SMILES string of the molecule is CCCCc1cc(-c2ccccc2)c2ccnc(CCCC)c2n1. The van der Waals surface area contributed by atoms with E-state index in [9.17, 15) is 0 Å². The fraction of sp³-hybridized carbons (Fsp3) is 0.364. The molecule has 3 rings (SSSR count). The monoisotopic (exact) mass is 318 g/mol. The molecule has 0 unspecified atom stereocenters. The summed E-state index contributed by atoms with van der Waals surface area (Å²) in [5, 5.41) is 1.22. The van der Waals surface area contributed by atoms with Gasteiger partial charge in [0, 0.05) is 17.3 Å². The number of fused-ring (bicyclic) bond motifs is 1. The normalized spacial score (nSPS) is 11.1. The average Bonchev–Trinajstić information content (AvgIpc) is 2.64. The van der Waals surface area contributed by atoms with Gasteiger partial charge < -0.3 is 0 Å². The maximum Gasteiger partial charge on any atom is 0.0926 e. The molecule has 0 saturated carbocycles. The Labute approximate surface area is 145 Å². The van der Waals surface area contributed by atoms with Crippen molar-refractivity contribution in [2.45, 2.75) is 52.4 Å². The lowest BCUT2D eigenvalue weighted by atomic mass is 9.98. The van der Waals surface area contributed by atoms with Crippen molar-refractivity contribution in [3.63, 3.8) is 0 Å². The second kappa shape index (κ2) is 8.05. The van der Waals surface area contributed by atoms with Crippen molar-refractivity contribution < 1.29 is 0 Å². The minimum atomic E-state index is 1.01. The maximum atomic E-state index is 4.99. The van der Waals surface area contributed by atoms with Crippen LogP contribution in [0.2, 0.25) is 0 Å². The molecule has 2 heteroatoms. The van der Waals surface area contributed by atoms with Crippen molar-refractivity contribution in [3.8, 4) is 11.1 Å². The summed E-state index contributed by atoms with van der Waals surface area (Å²) >= 11 is 0. The van der Waals surface area contributed by atoms with Crippen molar-refractivity contribution in [1.82, 2.24) is 9.97 Å². The largest absolute Gasteiger partial charge is 0.259 e. The molecule has 0 N–H and O–H groups in total. The highest BCUT2D eigenvalue weighted by Gasteiger charge is 2.11. The van der Waals surface area contributed by atoms with Crippen LogP contribution in [0, 0.1) is 0 Å². The van der Waals surface area contributed by atoms with Gasteiger partial charge >= 0.3 is 0 Å². The zero-order valence-corrected chi connectivity index (χ0v) is 14.8. The Bertz CT molecular complexity index is 794. The molecule has 0 saturated heterocycles. The first-order valence-corrected chi connectivity index (χ1v) is 9.16. The molecule has 3 aromatic rings. The van der Waals surface area contributed by atoms with Crippen LogP contribution in [-0.4, -0.2) is 9.97 Å². The zero-order chi connectivity index (χ0) is 16.8. The second-order valence-corrected chi connectivity index (χ2v) is 6.39. The lowest BCUT2D eigenvalue weighted by Gasteiger charge is -2.12. The van der Waals surface area contributed by atoms with E-state index in [1.54, 1.807) is 0 Å². The lowest BCUT2D eigenvalue weighted by Crippen LogP contribution is -1.99. The van der Waals surface area contributed by atoms with Gasteiger partial charge in [-0.05, 0) is 48.9 Å². The van der Waals surface area contributed by atoms with Gasteiger partial charge in [0.1, 0.15) is 0 Å². The first kappa shape index (κ1) is 16.6. The summed E-state index contributed by atoms with van der Waals surface area (Å²) in [5.74, 6) is 0. The van der Waals surface area contributed by atoms with Gasteiger partial charge in [-0.2, -0.15) is 0 Å². The molecule has 0 aliphatic rings. The predicted molar refractivity (Wildman–Crippen MR) is 102 cm³/mol. The van der Waals surface area contributed by atoms with Gasteiger partial charge in [0.05, 0.1) is 11.2 Å². The fourth-order valence-corrected chi connectivity index (χ4v) is 3.13. The molecule has 1 aromatic carbocycles. The van der Waals surface area contributed by atoms with Gasteiger partial charge in [0.15, 0.2) is 0 Å². The van der Waals surface area contributed by atoms with E-state index in [4.69, 9.17) is 4.98 Å². The first-order chi connectivity index (χ1) is 11.8. The number of hydrogen-bond donors (Lipinski definition) is 0. The minimum absolute atomic E-state index is 1.01. The highest BCUT2D eigenvalue weighted by atomic mass is 14.8. The predicted octanol–water partition coefficient (Wildman–Crippen LogP) is 5.98. The van der Waals surface area contributed by atoms with Crippen LogP contribution in [0.1, 0.15) is 50.9 Å². The van der Waals surface area contributed by atoms with Gasteiger partial charge in [-0.1, -0.05) is 57.0 Å². The van der Waals surface area contributed by atoms with Crippen LogP contribution in [0.4, 0.5) is 0 Å². The zero-order valence-electron chi connectivity index (χ0n) is 14.8. The van der Waals surface area contributed by atoms with Crippen LogP contribution in [0.15, 0.2) is 48.7 Å². The van der Waals surface area contributed by atoms with E-state index in [2.05, 4.69) is 61.3 Å². The van der Waals surface area contributed by atoms with Crippen molar-refractivity contribution in [2.75, 3.05) is 0 Å². The van der Waals surface area contributed by atoms with Gasteiger partial charge in [-0.15, -0.1) is 0 Å². The number of nitrogens with zero attached hydrogens (tertiary/aromatic N) is 2. The molecule has 0 amide bonds. The number of benzene rings is 1. The molecule has 0 aliphatic carbocycles. The van der Waals surface area contributed by atoms with E-state index in [0.717, 1.165) is 30.5 Å². The molecule has 2 nitrogen and oxygen atoms in total. The summed E-state index contributed by atoms with van der Waals surface area (Å²) < 4.78 is 0. The Morgan fingerprint density at radius 1 is 0.875 bits per heavy atom. The first-order valence-electron chi connectivity index (χ1n) is 9.16. The van der Waals surface area contributed by atoms with E-state index in [0.29, 0.717) is 0 Å². The summed E-state index contributed by atoms with van der Waals surface area (Å²) in [6, 6.07) is 15.0. The molecule has 0 radical (unpaired) electrons. The number of unbranched alkanes of at least 4 members (excludes halogenated alkanes) is 2. The second-order valence-electron chi connectivity index (χ2n) is 6.39. The van der Waals surface area contributed by atoms with Crippen molar-refractivity contribution in [3.05, 3.63) is 60.0 Å². The van der Waals surface area contributed by atoms with E-state index in [1.165, 1.54) is 41.5 Å². The molecule has 0 aliphatic heterocycles. The van der Waals surface area contributed by atoms with Crippen LogP contribution in [0.5, 0.6) is 0 Å². The molecular formula is C22H26N2. The van der Waals surface area contributed by atoms with E-state index in [-0.39, 0.29) is 0 Å². The van der Waals surface area contributed by atoms with Gasteiger partial charge in [-0.25, -0.2) is 0 Å². The summed E-state index contributed by atoms with van der Waals surface area (Å²) in [4.78, 5) is 9.63. The number of aryl methyl sites for hydroxylation is 2. The van der Waals surface area contributed by atoms with E-state index in [1.807, 2.05) is 6.20 Å². The van der Waals surface area contributed by atoms with Gasteiger partial charge in [-0.3, -0.25) is 9.97 Å². The van der Waals surface area contributed by atoms with Crippen LogP contribution in [0.25, 0.3) is 22.0 Å². The van der Waals surface area contributed by atoms with E-state index >= 15 is 0 Å². The molecular weight excluding hydrogens is 292 g/mol. The third-order valence-electron chi connectivity index (χ3n) is 4.49. The van der Waals surface area contributed by atoms with Crippen LogP contribution in [0.3, 0.4) is 0 Å². The lowest BCUT2D eigenvalue weighted by molar-refractivity contribution is 0.771. The summed E-state index contributed by atoms with van der Waals surface area (Å²) in [7, 11) is 0. The third kappa shape index (κ3) is 3.64. The standard InChI is InChI=1S/C22H26N2/c1-3-5-12-18-16-20(17-10-8-7-9-11-17)19-14-15-23-21(13-6-4-2)22(19)24-18/h7-11,14-16H,3-6,12-13H2,1-2H3. The third-order valence-corrected chi connectivity index (χ3v) is 4.49. The molecule has 0 atom stereocenters. The van der Waals surface area contributed by atoms with Crippen LogP contribution < -0.4 is 0 Å². The smallest absolute Gasteiger partial charge is 0.0926 e. The number of pyridine rings is 2. The quantitative estimate of drug-likeness (QED) is 0.535. The van der Waals surface area contributed by atoms with Crippen LogP contribution >= 0.6 is 0 Å².